The first-order valence-corrected chi connectivity index (χ1v) is 7.82. The number of rotatable bonds is 5. The van der Waals surface area contributed by atoms with Crippen LogP contribution < -0.4 is 9.64 Å². The molecular formula is C17H16ClN5O. The third-order valence-corrected chi connectivity index (χ3v) is 3.87. The Morgan fingerprint density at radius 2 is 2.17 bits per heavy atom. The van der Waals surface area contributed by atoms with Gasteiger partial charge in [-0.15, -0.1) is 0 Å². The van der Waals surface area contributed by atoms with Crippen molar-refractivity contribution in [3.8, 4) is 11.8 Å². The molecule has 3 aromatic rings. The lowest BCUT2D eigenvalue weighted by Crippen LogP contribution is -2.26. The van der Waals surface area contributed by atoms with E-state index in [4.69, 9.17) is 21.6 Å². The molecular weight excluding hydrogens is 326 g/mol. The van der Waals surface area contributed by atoms with Crippen molar-refractivity contribution in [3.63, 3.8) is 0 Å². The third-order valence-electron chi connectivity index (χ3n) is 3.68. The quantitative estimate of drug-likeness (QED) is 0.667. The molecule has 0 fully saturated rings. The lowest BCUT2D eigenvalue weighted by atomic mass is 10.2. The first kappa shape index (κ1) is 16.1. The Balaban J connectivity index is 1.74. The molecule has 0 atom stereocenters. The number of para-hydroxylation sites is 1. The molecule has 0 unspecified atom stereocenters. The van der Waals surface area contributed by atoms with Gasteiger partial charge >= 0.3 is 0 Å². The Labute approximate surface area is 144 Å². The standard InChI is InChI=1S/C17H16ClN5O/c1-12-11-20-23-16(9-15(18)21-17(12)23)22(2)7-8-24-14-6-4-3-5-13(14)10-19/h3-6,9,11H,7-8H2,1-2H3. The molecule has 1 aromatic carbocycles. The Morgan fingerprint density at radius 1 is 1.38 bits per heavy atom. The van der Waals surface area contributed by atoms with Crippen molar-refractivity contribution in [1.29, 1.82) is 5.26 Å². The summed E-state index contributed by atoms with van der Waals surface area (Å²) >= 11 is 6.12. The van der Waals surface area contributed by atoms with Crippen LogP contribution in [0.25, 0.3) is 5.65 Å². The number of nitriles is 1. The maximum Gasteiger partial charge on any atom is 0.161 e. The number of nitrogens with zero attached hydrogens (tertiary/aromatic N) is 5. The Morgan fingerprint density at radius 3 is 2.96 bits per heavy atom. The van der Waals surface area contributed by atoms with Gasteiger partial charge in [-0.1, -0.05) is 23.7 Å². The molecule has 0 radical (unpaired) electrons. The Kier molecular flexibility index (Phi) is 4.54. The minimum Gasteiger partial charge on any atom is -0.490 e. The number of halogens is 1. The van der Waals surface area contributed by atoms with E-state index in [1.807, 2.05) is 31.0 Å². The van der Waals surface area contributed by atoms with Gasteiger partial charge in [-0.05, 0) is 19.1 Å². The number of ether oxygens (including phenoxy) is 1. The molecule has 122 valence electrons. The lowest BCUT2D eigenvalue weighted by Gasteiger charge is -2.20. The first-order chi connectivity index (χ1) is 11.6. The highest BCUT2D eigenvalue weighted by Gasteiger charge is 2.12. The monoisotopic (exact) mass is 341 g/mol. The van der Waals surface area contributed by atoms with Gasteiger partial charge in [0.25, 0.3) is 0 Å². The van der Waals surface area contributed by atoms with Gasteiger partial charge in [-0.3, -0.25) is 0 Å². The van der Waals surface area contributed by atoms with Crippen LogP contribution in [-0.2, 0) is 0 Å². The number of likely N-dealkylation sites (N-methyl/N-ethyl adjacent to an activating group) is 1. The Bertz CT molecular complexity index is 915. The summed E-state index contributed by atoms with van der Waals surface area (Å²) in [4.78, 5) is 6.29. The fourth-order valence-corrected chi connectivity index (χ4v) is 2.57. The van der Waals surface area contributed by atoms with E-state index in [1.165, 1.54) is 0 Å². The average Bonchev–Trinajstić information content (AvgIpc) is 2.95. The zero-order valence-corrected chi connectivity index (χ0v) is 14.2. The van der Waals surface area contributed by atoms with Crippen LogP contribution in [-0.4, -0.2) is 34.8 Å². The fourth-order valence-electron chi connectivity index (χ4n) is 2.39. The summed E-state index contributed by atoms with van der Waals surface area (Å²) in [5, 5.41) is 13.8. The van der Waals surface area contributed by atoms with E-state index in [0.29, 0.717) is 29.6 Å². The smallest absolute Gasteiger partial charge is 0.161 e. The molecule has 0 saturated heterocycles. The van der Waals surface area contributed by atoms with Crippen molar-refractivity contribution in [3.05, 3.63) is 52.8 Å². The molecule has 0 aliphatic carbocycles. The minimum absolute atomic E-state index is 0.420. The highest BCUT2D eigenvalue weighted by molar-refractivity contribution is 6.29. The van der Waals surface area contributed by atoms with Gasteiger partial charge in [0, 0.05) is 18.7 Å². The van der Waals surface area contributed by atoms with Crippen molar-refractivity contribution in [2.45, 2.75) is 6.92 Å². The molecule has 7 heteroatoms. The topological polar surface area (TPSA) is 66.5 Å². The van der Waals surface area contributed by atoms with E-state index in [-0.39, 0.29) is 0 Å². The number of fused-ring (bicyclic) bond motifs is 1. The van der Waals surface area contributed by atoms with Crippen LogP contribution in [0.4, 0.5) is 5.82 Å². The predicted octanol–water partition coefficient (Wildman–Crippen LogP) is 3.08. The highest BCUT2D eigenvalue weighted by atomic mass is 35.5. The molecule has 0 bridgehead atoms. The van der Waals surface area contributed by atoms with Crippen molar-refractivity contribution in [1.82, 2.24) is 14.6 Å². The van der Waals surface area contributed by atoms with Gasteiger partial charge in [-0.25, -0.2) is 4.98 Å². The van der Waals surface area contributed by atoms with Crippen molar-refractivity contribution in [2.24, 2.45) is 0 Å². The van der Waals surface area contributed by atoms with Crippen LogP contribution in [0.1, 0.15) is 11.1 Å². The first-order valence-electron chi connectivity index (χ1n) is 7.44. The number of anilines is 1. The van der Waals surface area contributed by atoms with Gasteiger partial charge < -0.3 is 9.64 Å². The second kappa shape index (κ2) is 6.77. The minimum atomic E-state index is 0.420. The molecule has 0 spiro atoms. The fraction of sp³-hybridized carbons (Fsp3) is 0.235. The van der Waals surface area contributed by atoms with Gasteiger partial charge in [0.05, 0.1) is 18.3 Å². The predicted molar refractivity (Wildman–Crippen MR) is 92.7 cm³/mol. The molecule has 2 heterocycles. The highest BCUT2D eigenvalue weighted by Crippen LogP contribution is 2.21. The zero-order valence-electron chi connectivity index (χ0n) is 13.4. The summed E-state index contributed by atoms with van der Waals surface area (Å²) in [6.07, 6.45) is 1.76. The number of aryl methyl sites for hydroxylation is 1. The van der Waals surface area contributed by atoms with E-state index < -0.39 is 0 Å². The molecule has 0 N–H and O–H groups in total. The van der Waals surface area contributed by atoms with Gasteiger partial charge in [0.15, 0.2) is 5.65 Å². The molecule has 0 aliphatic rings. The van der Waals surface area contributed by atoms with E-state index >= 15 is 0 Å². The number of hydrogen-bond donors (Lipinski definition) is 0. The molecule has 6 nitrogen and oxygen atoms in total. The van der Waals surface area contributed by atoms with E-state index in [0.717, 1.165) is 17.0 Å². The van der Waals surface area contributed by atoms with Gasteiger partial charge in [0.1, 0.15) is 29.4 Å². The summed E-state index contributed by atoms with van der Waals surface area (Å²) < 4.78 is 7.48. The van der Waals surface area contributed by atoms with Crippen LogP contribution in [0.2, 0.25) is 5.15 Å². The van der Waals surface area contributed by atoms with Crippen LogP contribution in [0.15, 0.2) is 36.5 Å². The molecule has 24 heavy (non-hydrogen) atoms. The molecule has 3 rings (SSSR count). The molecule has 2 aromatic heterocycles. The molecule has 0 amide bonds. The van der Waals surface area contributed by atoms with Gasteiger partial charge in [-0.2, -0.15) is 14.9 Å². The van der Waals surface area contributed by atoms with E-state index in [2.05, 4.69) is 16.2 Å². The average molecular weight is 342 g/mol. The molecule has 0 aliphatic heterocycles. The zero-order chi connectivity index (χ0) is 17.1. The SMILES string of the molecule is Cc1cnn2c(N(C)CCOc3ccccc3C#N)cc(Cl)nc12. The van der Waals surface area contributed by atoms with E-state index in [1.54, 1.807) is 28.9 Å². The summed E-state index contributed by atoms with van der Waals surface area (Å²) in [7, 11) is 1.93. The lowest BCUT2D eigenvalue weighted by molar-refractivity contribution is 0.324. The second-order valence-corrected chi connectivity index (χ2v) is 5.77. The summed E-state index contributed by atoms with van der Waals surface area (Å²) in [6, 6.07) is 11.1. The maximum atomic E-state index is 9.08. The van der Waals surface area contributed by atoms with Crippen LogP contribution in [0, 0.1) is 18.3 Å². The van der Waals surface area contributed by atoms with E-state index in [9.17, 15) is 0 Å². The number of aromatic nitrogens is 3. The number of benzene rings is 1. The molecule has 0 saturated carbocycles. The third kappa shape index (κ3) is 3.12. The summed E-state index contributed by atoms with van der Waals surface area (Å²) in [6.45, 7) is 2.97. The number of hydrogen-bond acceptors (Lipinski definition) is 5. The van der Waals surface area contributed by atoms with Crippen molar-refractivity contribution >= 4 is 23.1 Å². The summed E-state index contributed by atoms with van der Waals surface area (Å²) in [5.41, 5.74) is 2.23. The second-order valence-electron chi connectivity index (χ2n) is 5.38. The van der Waals surface area contributed by atoms with Crippen LogP contribution in [0.5, 0.6) is 5.75 Å². The largest absolute Gasteiger partial charge is 0.490 e. The normalized spacial score (nSPS) is 10.6. The maximum absolute atomic E-state index is 9.08. The van der Waals surface area contributed by atoms with Crippen molar-refractivity contribution in [2.75, 3.05) is 25.1 Å². The Hall–Kier alpha value is -2.78. The van der Waals surface area contributed by atoms with Gasteiger partial charge in [0.2, 0.25) is 0 Å². The summed E-state index contributed by atoms with van der Waals surface area (Å²) in [5.74, 6) is 1.41. The van der Waals surface area contributed by atoms with Crippen LogP contribution in [0.3, 0.4) is 0 Å². The van der Waals surface area contributed by atoms with Crippen LogP contribution >= 0.6 is 11.6 Å². The van der Waals surface area contributed by atoms with Crippen molar-refractivity contribution < 1.29 is 4.74 Å².